The van der Waals surface area contributed by atoms with Crippen LogP contribution in [0, 0.1) is 0 Å². The van der Waals surface area contributed by atoms with Crippen LogP contribution in [0.2, 0.25) is 0 Å². The third kappa shape index (κ3) is 2.82. The monoisotopic (exact) mass is 226 g/mol. The van der Waals surface area contributed by atoms with E-state index in [9.17, 15) is 9.59 Å². The third-order valence-electron chi connectivity index (χ3n) is 1.99. The molecule has 4 heteroatoms. The zero-order valence-corrected chi connectivity index (χ0v) is 8.96. The summed E-state index contributed by atoms with van der Waals surface area (Å²) in [5.41, 5.74) is -1.42. The molecular formula is C12H14O4. The molecule has 1 N–H and O–H groups in total. The molecule has 1 rings (SSSR count). The van der Waals surface area contributed by atoms with Gasteiger partial charge in [0.25, 0.3) is 0 Å². The molecule has 0 heterocycles. The van der Waals surface area contributed by atoms with E-state index in [0.717, 1.165) is 0 Å². The quantitative estimate of drug-likeness (QED) is 0.800. The summed E-state index contributed by atoms with van der Waals surface area (Å²) in [6.07, 6.45) is 0.0158. The Labute approximate surface area is 99.5 Å². The smallest absolute Gasteiger partial charge is 0.339 e. The highest BCUT2D eigenvalue weighted by molar-refractivity contribution is 6.02. The molecule has 0 radical (unpaired) electrons. The van der Waals surface area contributed by atoms with Crippen LogP contribution in [-0.4, -0.2) is 23.1 Å². The van der Waals surface area contributed by atoms with E-state index in [1.165, 1.54) is 0 Å². The predicted molar refractivity (Wildman–Crippen MR) is 58.6 cm³/mol. The van der Waals surface area contributed by atoms with Crippen molar-refractivity contribution in [2.24, 2.45) is 0 Å². The van der Waals surface area contributed by atoms with Crippen LogP contribution in [0.15, 0.2) is 24.2 Å². The van der Waals surface area contributed by atoms with E-state index in [1.54, 1.807) is 13.8 Å². The van der Waals surface area contributed by atoms with Crippen LogP contribution < -0.4 is 0 Å². The van der Waals surface area contributed by atoms with Gasteiger partial charge in [-0.05, 0) is 25.4 Å². The Morgan fingerprint density at radius 3 is 2.50 bits per heavy atom. The maximum Gasteiger partial charge on any atom is 0.339 e. The van der Waals surface area contributed by atoms with Crippen molar-refractivity contribution in [2.75, 3.05) is 0 Å². The van der Waals surface area contributed by atoms with Gasteiger partial charge in [0, 0.05) is 0 Å². The average Bonchev–Trinajstić information content (AvgIpc) is 2.39. The maximum atomic E-state index is 11.9. The van der Waals surface area contributed by atoms with Crippen LogP contribution in [0.3, 0.4) is 0 Å². The lowest BCUT2D eigenvalue weighted by atomic mass is 10.1. The fraction of sp³-hybridized carbons (Fsp3) is 0.333. The first-order chi connectivity index (χ1) is 9.22. The van der Waals surface area contributed by atoms with E-state index in [4.69, 9.17) is 15.3 Å². The van der Waals surface area contributed by atoms with Crippen LogP contribution >= 0.6 is 0 Å². The lowest BCUT2D eigenvalue weighted by molar-refractivity contribution is 0.0328. The van der Waals surface area contributed by atoms with Crippen molar-refractivity contribution in [3.05, 3.63) is 35.3 Å². The molecule has 0 bridgehead atoms. The molecule has 1 unspecified atom stereocenters. The topological polar surface area (TPSA) is 63.6 Å². The van der Waals surface area contributed by atoms with Crippen LogP contribution in [0.1, 0.15) is 46.5 Å². The molecule has 1 atom stereocenters. The van der Waals surface area contributed by atoms with Crippen molar-refractivity contribution < 1.29 is 24.9 Å². The standard InChI is InChI=1S/C12H14O4/c1-3-8(2)16-12(15)10-7-5-4-6-9(10)11(13)14/h4-8H,3H2,1-2H3,(H,13,14)/i4D,5D,6D,7D. The molecule has 0 aromatic heterocycles. The Hall–Kier alpha value is -1.84. The van der Waals surface area contributed by atoms with Crippen molar-refractivity contribution in [2.45, 2.75) is 26.4 Å². The van der Waals surface area contributed by atoms with Crippen molar-refractivity contribution >= 4 is 11.9 Å². The number of rotatable bonds is 4. The molecule has 0 spiro atoms. The molecule has 0 fully saturated rings. The molecule has 1 aromatic carbocycles. The van der Waals surface area contributed by atoms with E-state index in [0.29, 0.717) is 6.42 Å². The number of carbonyl (C=O) groups is 2. The second kappa shape index (κ2) is 5.30. The summed E-state index contributed by atoms with van der Waals surface area (Å²) in [5, 5.41) is 9.07. The third-order valence-corrected chi connectivity index (χ3v) is 1.99. The number of ether oxygens (including phenoxy) is 1. The summed E-state index contributed by atoms with van der Waals surface area (Å²) in [5.74, 6) is -2.67. The largest absolute Gasteiger partial charge is 0.478 e. The van der Waals surface area contributed by atoms with Crippen LogP contribution in [-0.2, 0) is 4.74 Å². The minimum atomic E-state index is -1.60. The molecular weight excluding hydrogens is 208 g/mol. The first-order valence-corrected chi connectivity index (χ1v) is 4.76. The van der Waals surface area contributed by atoms with Gasteiger partial charge in [0.05, 0.1) is 22.7 Å². The second-order valence-electron chi connectivity index (χ2n) is 3.18. The normalized spacial score (nSPS) is 15.4. The van der Waals surface area contributed by atoms with E-state index in [-0.39, 0.29) is 0 Å². The summed E-state index contributed by atoms with van der Waals surface area (Å²) in [7, 11) is 0. The van der Waals surface area contributed by atoms with Crippen LogP contribution in [0.25, 0.3) is 0 Å². The molecule has 0 aliphatic heterocycles. The van der Waals surface area contributed by atoms with Gasteiger partial charge >= 0.3 is 11.9 Å². The number of carboxylic acids is 1. The highest BCUT2D eigenvalue weighted by Crippen LogP contribution is 2.12. The minimum absolute atomic E-state index is 0.484. The van der Waals surface area contributed by atoms with Gasteiger partial charge in [0.15, 0.2) is 0 Å². The van der Waals surface area contributed by atoms with Gasteiger partial charge in [0.1, 0.15) is 0 Å². The molecule has 0 saturated heterocycles. The van der Waals surface area contributed by atoms with E-state index in [1.807, 2.05) is 0 Å². The fourth-order valence-corrected chi connectivity index (χ4v) is 0.951. The molecule has 0 amide bonds. The van der Waals surface area contributed by atoms with E-state index >= 15 is 0 Å². The van der Waals surface area contributed by atoms with Gasteiger partial charge in [-0.25, -0.2) is 9.59 Å². The van der Waals surface area contributed by atoms with Gasteiger partial charge in [0.2, 0.25) is 0 Å². The number of esters is 1. The van der Waals surface area contributed by atoms with Crippen molar-refractivity contribution in [3.63, 3.8) is 0 Å². The Morgan fingerprint density at radius 1 is 1.44 bits per heavy atom. The Bertz CT molecular complexity index is 571. The Balaban J connectivity index is 3.52. The lowest BCUT2D eigenvalue weighted by Gasteiger charge is -2.11. The van der Waals surface area contributed by atoms with Crippen molar-refractivity contribution in [3.8, 4) is 0 Å². The van der Waals surface area contributed by atoms with Crippen molar-refractivity contribution in [1.29, 1.82) is 0 Å². The first kappa shape index (κ1) is 7.44. The van der Waals surface area contributed by atoms with E-state index in [2.05, 4.69) is 0 Å². The van der Waals surface area contributed by atoms with Gasteiger partial charge in [-0.3, -0.25) is 0 Å². The molecule has 0 saturated carbocycles. The zero-order chi connectivity index (χ0) is 15.6. The predicted octanol–water partition coefficient (Wildman–Crippen LogP) is 2.34. The molecule has 86 valence electrons. The van der Waals surface area contributed by atoms with Gasteiger partial charge in [-0.1, -0.05) is 19.0 Å². The van der Waals surface area contributed by atoms with E-state index < -0.39 is 53.3 Å². The SMILES string of the molecule is [2H]c1c([2H])c([2H])c(C(=O)OC(C)CC)c(C(=O)O)c1[2H]. The number of hydrogen-bond donors (Lipinski definition) is 1. The van der Waals surface area contributed by atoms with Crippen LogP contribution in [0.4, 0.5) is 0 Å². The number of carbonyl (C=O) groups excluding carboxylic acids is 1. The zero-order valence-electron chi connectivity index (χ0n) is 13.0. The number of benzene rings is 1. The minimum Gasteiger partial charge on any atom is -0.478 e. The summed E-state index contributed by atoms with van der Waals surface area (Å²) < 4.78 is 35.1. The molecule has 16 heavy (non-hydrogen) atoms. The molecule has 1 aromatic rings. The molecule has 0 aliphatic carbocycles. The Kier molecular flexibility index (Phi) is 2.46. The Morgan fingerprint density at radius 2 is 2.00 bits per heavy atom. The number of carboxylic acid groups (broad SMARTS) is 1. The number of aromatic carboxylic acids is 1. The fourth-order valence-electron chi connectivity index (χ4n) is 0.951. The lowest BCUT2D eigenvalue weighted by Crippen LogP contribution is -2.17. The van der Waals surface area contributed by atoms with Gasteiger partial charge in [-0.15, -0.1) is 0 Å². The number of hydrogen-bond acceptors (Lipinski definition) is 3. The first-order valence-electron chi connectivity index (χ1n) is 6.76. The average molecular weight is 226 g/mol. The molecule has 0 aliphatic rings. The summed E-state index contributed by atoms with van der Waals surface area (Å²) >= 11 is 0. The summed E-state index contributed by atoms with van der Waals surface area (Å²) in [6.45, 7) is 3.36. The van der Waals surface area contributed by atoms with Gasteiger partial charge in [-0.2, -0.15) is 0 Å². The van der Waals surface area contributed by atoms with Crippen molar-refractivity contribution in [1.82, 2.24) is 0 Å². The highest BCUT2D eigenvalue weighted by Gasteiger charge is 2.18. The highest BCUT2D eigenvalue weighted by atomic mass is 16.5. The second-order valence-corrected chi connectivity index (χ2v) is 3.18. The maximum absolute atomic E-state index is 11.9. The van der Waals surface area contributed by atoms with Crippen LogP contribution in [0.5, 0.6) is 0 Å². The van der Waals surface area contributed by atoms with Gasteiger partial charge < -0.3 is 9.84 Å². The summed E-state index contributed by atoms with van der Waals surface area (Å²) in [4.78, 5) is 23.1. The molecule has 4 nitrogen and oxygen atoms in total. The summed E-state index contributed by atoms with van der Waals surface area (Å²) in [6, 6.07) is -2.85.